The van der Waals surface area contributed by atoms with Crippen LogP contribution in [0.1, 0.15) is 70.3 Å². The second-order valence-corrected chi connectivity index (χ2v) is 7.28. The number of carbonyl (C=O) groups is 2. The maximum Gasteiger partial charge on any atom is 0.174 e. The highest BCUT2D eigenvalue weighted by molar-refractivity contribution is 6.26. The van der Waals surface area contributed by atoms with E-state index in [9.17, 15) is 14.7 Å². The molecule has 0 bridgehead atoms. The molecule has 1 N–H and O–H groups in total. The Balaban J connectivity index is 1.79. The number of benzene rings is 1. The molecule has 1 aromatic carbocycles. The monoisotopic (exact) mass is 375 g/mol. The fourth-order valence-corrected chi connectivity index (χ4v) is 3.54. The van der Waals surface area contributed by atoms with Gasteiger partial charge in [-0.15, -0.1) is 0 Å². The topological polar surface area (TPSA) is 67.3 Å². The van der Waals surface area contributed by atoms with Crippen molar-refractivity contribution >= 4 is 17.6 Å². The van der Waals surface area contributed by atoms with Crippen molar-refractivity contribution in [3.05, 3.63) is 82.9 Å². The van der Waals surface area contributed by atoms with Gasteiger partial charge in [0.05, 0.1) is 11.6 Å². The molecule has 28 heavy (non-hydrogen) atoms. The summed E-state index contributed by atoms with van der Waals surface area (Å²) in [5.41, 5.74) is 3.83. The summed E-state index contributed by atoms with van der Waals surface area (Å²) >= 11 is 0. The molecule has 4 heteroatoms. The first kappa shape index (κ1) is 19.7. The number of aromatic nitrogens is 1. The van der Waals surface area contributed by atoms with E-state index in [0.29, 0.717) is 24.0 Å². The number of aliphatic hydroxyl groups excluding tert-OH is 1. The highest BCUT2D eigenvalue weighted by Gasteiger charge is 2.37. The first-order chi connectivity index (χ1) is 13.4. The third-order valence-electron chi connectivity index (χ3n) is 5.33. The van der Waals surface area contributed by atoms with Gasteiger partial charge >= 0.3 is 0 Å². The number of aliphatic hydroxyl groups is 1. The smallest absolute Gasteiger partial charge is 0.174 e. The molecule has 1 aliphatic rings. The number of ketones is 2. The molecule has 0 radical (unpaired) electrons. The van der Waals surface area contributed by atoms with Crippen molar-refractivity contribution in [3.63, 3.8) is 0 Å². The lowest BCUT2D eigenvalue weighted by Gasteiger charge is -2.14. The van der Waals surface area contributed by atoms with Crippen LogP contribution in [0.2, 0.25) is 0 Å². The van der Waals surface area contributed by atoms with Crippen LogP contribution in [0.3, 0.4) is 0 Å². The maximum atomic E-state index is 12.6. The molecule has 1 aromatic heterocycles. The summed E-state index contributed by atoms with van der Waals surface area (Å²) in [6.07, 6.45) is 5.32. The van der Waals surface area contributed by atoms with Gasteiger partial charge in [-0.1, -0.05) is 50.8 Å². The Morgan fingerprint density at radius 1 is 1.18 bits per heavy atom. The standard InChI is InChI=1S/C24H25NO3/c1-4-15(2)22-17(10-9-16(3)26)11-12-18(25-22)13-14-21-23(27)19-7-5-6-8-20(19)24(21)28/h5-12,15,21,26H,3-4,13-14H2,1-2H3/b10-9-. The van der Waals surface area contributed by atoms with Crippen LogP contribution in [-0.2, 0) is 6.42 Å². The fraction of sp³-hybridized carbons (Fsp3) is 0.292. The van der Waals surface area contributed by atoms with Crippen LogP contribution >= 0.6 is 0 Å². The average Bonchev–Trinajstić information content (AvgIpc) is 2.95. The molecule has 0 saturated carbocycles. The number of hydrogen-bond donors (Lipinski definition) is 1. The SMILES string of the molecule is C=C(O)/C=C\c1ccc(CCC2C(=O)c3ccccc3C2=O)nc1C(C)CC. The molecule has 1 aliphatic carbocycles. The largest absolute Gasteiger partial charge is 0.509 e. The van der Waals surface area contributed by atoms with E-state index in [4.69, 9.17) is 4.98 Å². The highest BCUT2D eigenvalue weighted by Crippen LogP contribution is 2.30. The zero-order chi connectivity index (χ0) is 20.3. The highest BCUT2D eigenvalue weighted by atomic mass is 16.3. The molecule has 0 saturated heterocycles. The number of aryl methyl sites for hydroxylation is 1. The van der Waals surface area contributed by atoms with Gasteiger partial charge in [0.2, 0.25) is 0 Å². The Kier molecular flexibility index (Phi) is 5.88. The predicted octanol–water partition coefficient (Wildman–Crippen LogP) is 5.31. The number of carbonyl (C=O) groups excluding carboxylic acids is 2. The Morgan fingerprint density at radius 3 is 2.39 bits per heavy atom. The molecule has 1 unspecified atom stereocenters. The molecule has 3 rings (SSSR count). The van der Waals surface area contributed by atoms with E-state index in [-0.39, 0.29) is 23.2 Å². The van der Waals surface area contributed by atoms with Crippen molar-refractivity contribution in [2.45, 2.75) is 39.0 Å². The zero-order valence-corrected chi connectivity index (χ0v) is 16.3. The fourth-order valence-electron chi connectivity index (χ4n) is 3.54. The molecule has 1 atom stereocenters. The summed E-state index contributed by atoms with van der Waals surface area (Å²) in [5, 5.41) is 9.32. The maximum absolute atomic E-state index is 12.6. The summed E-state index contributed by atoms with van der Waals surface area (Å²) in [5.74, 6) is -0.515. The number of rotatable bonds is 7. The molecule has 0 aliphatic heterocycles. The second-order valence-electron chi connectivity index (χ2n) is 7.28. The third kappa shape index (κ3) is 3.96. The first-order valence-electron chi connectivity index (χ1n) is 9.65. The van der Waals surface area contributed by atoms with E-state index in [0.717, 1.165) is 23.4 Å². The van der Waals surface area contributed by atoms with Crippen LogP contribution in [0.15, 0.2) is 54.8 Å². The molecule has 0 fully saturated rings. The summed E-state index contributed by atoms with van der Waals surface area (Å²) in [6.45, 7) is 7.68. The van der Waals surface area contributed by atoms with Gasteiger partial charge in [0.1, 0.15) is 5.76 Å². The minimum Gasteiger partial charge on any atom is -0.509 e. The Labute approximate surface area is 165 Å². The quantitative estimate of drug-likeness (QED) is 0.405. The lowest BCUT2D eigenvalue weighted by atomic mass is 9.95. The van der Waals surface area contributed by atoms with Crippen molar-refractivity contribution in [2.24, 2.45) is 5.92 Å². The van der Waals surface area contributed by atoms with E-state index < -0.39 is 5.92 Å². The molecule has 0 amide bonds. The van der Waals surface area contributed by atoms with Crippen LogP contribution in [-0.4, -0.2) is 21.7 Å². The molecule has 4 nitrogen and oxygen atoms in total. The molecule has 2 aromatic rings. The number of allylic oxidation sites excluding steroid dienone is 1. The third-order valence-corrected chi connectivity index (χ3v) is 5.33. The van der Waals surface area contributed by atoms with Crippen molar-refractivity contribution in [3.8, 4) is 0 Å². The number of nitrogens with zero attached hydrogens (tertiary/aromatic N) is 1. The second kappa shape index (κ2) is 8.34. The van der Waals surface area contributed by atoms with E-state index in [1.807, 2.05) is 12.1 Å². The van der Waals surface area contributed by atoms with Gasteiger partial charge in [0.15, 0.2) is 11.6 Å². The summed E-state index contributed by atoms with van der Waals surface area (Å²) in [7, 11) is 0. The van der Waals surface area contributed by atoms with E-state index in [2.05, 4.69) is 20.4 Å². The van der Waals surface area contributed by atoms with Crippen LogP contribution in [0, 0.1) is 5.92 Å². The van der Waals surface area contributed by atoms with Crippen molar-refractivity contribution in [1.29, 1.82) is 0 Å². The van der Waals surface area contributed by atoms with Gasteiger partial charge in [-0.2, -0.15) is 0 Å². The van der Waals surface area contributed by atoms with E-state index in [1.165, 1.54) is 0 Å². The van der Waals surface area contributed by atoms with Crippen LogP contribution in [0.25, 0.3) is 6.08 Å². The minimum absolute atomic E-state index is 0.00278. The van der Waals surface area contributed by atoms with Gasteiger partial charge < -0.3 is 5.11 Å². The van der Waals surface area contributed by atoms with Crippen LogP contribution < -0.4 is 0 Å². The minimum atomic E-state index is -0.608. The zero-order valence-electron chi connectivity index (χ0n) is 16.3. The van der Waals surface area contributed by atoms with Crippen LogP contribution in [0.4, 0.5) is 0 Å². The van der Waals surface area contributed by atoms with Crippen LogP contribution in [0.5, 0.6) is 0 Å². The Bertz CT molecular complexity index is 923. The predicted molar refractivity (Wildman–Crippen MR) is 111 cm³/mol. The van der Waals surface area contributed by atoms with Crippen molar-refractivity contribution < 1.29 is 14.7 Å². The normalized spacial score (nSPS) is 15.2. The molecular formula is C24H25NO3. The van der Waals surface area contributed by atoms with Gasteiger partial charge in [0, 0.05) is 16.8 Å². The Hall–Kier alpha value is -3.01. The summed E-state index contributed by atoms with van der Waals surface area (Å²) < 4.78 is 0. The van der Waals surface area contributed by atoms with E-state index >= 15 is 0 Å². The molecule has 144 valence electrons. The van der Waals surface area contributed by atoms with E-state index in [1.54, 1.807) is 36.4 Å². The number of hydrogen-bond acceptors (Lipinski definition) is 4. The van der Waals surface area contributed by atoms with Crippen molar-refractivity contribution in [1.82, 2.24) is 4.98 Å². The van der Waals surface area contributed by atoms with Gasteiger partial charge in [-0.25, -0.2) is 0 Å². The number of Topliss-reactive ketones (excluding diaryl/α,β-unsaturated/α-hetero) is 2. The molecular weight excluding hydrogens is 350 g/mol. The van der Waals surface area contributed by atoms with Gasteiger partial charge in [-0.3, -0.25) is 14.6 Å². The molecule has 1 heterocycles. The lowest BCUT2D eigenvalue weighted by molar-refractivity contribution is 0.0831. The lowest BCUT2D eigenvalue weighted by Crippen LogP contribution is -2.16. The van der Waals surface area contributed by atoms with Crippen molar-refractivity contribution in [2.75, 3.05) is 0 Å². The van der Waals surface area contributed by atoms with Gasteiger partial charge in [0.25, 0.3) is 0 Å². The average molecular weight is 375 g/mol. The number of pyridine rings is 1. The summed E-state index contributed by atoms with van der Waals surface area (Å²) in [4.78, 5) is 29.9. The summed E-state index contributed by atoms with van der Waals surface area (Å²) in [6, 6.07) is 10.9. The first-order valence-corrected chi connectivity index (χ1v) is 9.65. The number of fused-ring (bicyclic) bond motifs is 1. The van der Waals surface area contributed by atoms with Gasteiger partial charge in [-0.05, 0) is 49.0 Å². The Morgan fingerprint density at radius 2 is 1.82 bits per heavy atom. The molecule has 0 spiro atoms.